The van der Waals surface area contributed by atoms with E-state index in [1.807, 2.05) is 26.0 Å². The van der Waals surface area contributed by atoms with Gasteiger partial charge in [0, 0.05) is 24.1 Å². The average Bonchev–Trinajstić information content (AvgIpc) is 2.32. The third-order valence-corrected chi connectivity index (χ3v) is 3.14. The van der Waals surface area contributed by atoms with Gasteiger partial charge in [0.25, 0.3) is 0 Å². The highest BCUT2D eigenvalue weighted by atomic mass is 16.5. The van der Waals surface area contributed by atoms with Gasteiger partial charge in [-0.05, 0) is 31.4 Å². The molecule has 0 saturated carbocycles. The van der Waals surface area contributed by atoms with Gasteiger partial charge >= 0.3 is 5.97 Å². The van der Waals surface area contributed by atoms with E-state index in [1.165, 1.54) is 0 Å². The van der Waals surface area contributed by atoms with Gasteiger partial charge in [-0.25, -0.2) is 0 Å². The molecule has 0 fully saturated rings. The van der Waals surface area contributed by atoms with Gasteiger partial charge in [0.2, 0.25) is 5.91 Å². The highest BCUT2D eigenvalue weighted by Crippen LogP contribution is 2.29. The van der Waals surface area contributed by atoms with Gasteiger partial charge < -0.3 is 15.2 Å². The normalized spacial score (nSPS) is 11.8. The summed E-state index contributed by atoms with van der Waals surface area (Å²) >= 11 is 0. The van der Waals surface area contributed by atoms with Crippen LogP contribution in [0.25, 0.3) is 0 Å². The van der Waals surface area contributed by atoms with Crippen LogP contribution in [0.2, 0.25) is 0 Å². The van der Waals surface area contributed by atoms with Crippen LogP contribution < -0.4 is 10.1 Å². The summed E-state index contributed by atoms with van der Waals surface area (Å²) in [6, 6.07) is 3.70. The molecule has 5 heteroatoms. The van der Waals surface area contributed by atoms with Gasteiger partial charge in [0.05, 0.1) is 7.11 Å². The molecule has 0 aliphatic carbocycles. The van der Waals surface area contributed by atoms with Gasteiger partial charge in [-0.3, -0.25) is 9.59 Å². The third-order valence-electron chi connectivity index (χ3n) is 3.14. The number of hydrogen-bond donors (Lipinski definition) is 2. The minimum absolute atomic E-state index is 0.0103. The lowest BCUT2D eigenvalue weighted by molar-refractivity contribution is -0.138. The van der Waals surface area contributed by atoms with Crippen molar-refractivity contribution in [2.45, 2.75) is 33.6 Å². The number of anilines is 1. The first-order valence-electron chi connectivity index (χ1n) is 6.51. The number of carbonyl (C=O) groups is 2. The molecule has 1 amide bonds. The SMILES string of the molecule is COc1c(C)ccc(NC(=O)CC(C)CC(=O)O)c1C. The first-order chi connectivity index (χ1) is 9.35. The Morgan fingerprint density at radius 2 is 1.95 bits per heavy atom. The first-order valence-corrected chi connectivity index (χ1v) is 6.51. The zero-order valence-electron chi connectivity index (χ0n) is 12.3. The summed E-state index contributed by atoms with van der Waals surface area (Å²) in [5, 5.41) is 11.5. The highest BCUT2D eigenvalue weighted by molar-refractivity contribution is 5.92. The Morgan fingerprint density at radius 3 is 2.50 bits per heavy atom. The lowest BCUT2D eigenvalue weighted by atomic mass is 10.0. The Balaban J connectivity index is 2.74. The second-order valence-corrected chi connectivity index (χ2v) is 5.04. The number of aliphatic carboxylic acids is 1. The summed E-state index contributed by atoms with van der Waals surface area (Å²) in [5.74, 6) is -0.521. The smallest absolute Gasteiger partial charge is 0.303 e. The predicted molar refractivity (Wildman–Crippen MR) is 77.1 cm³/mol. The molecular weight excluding hydrogens is 258 g/mol. The topological polar surface area (TPSA) is 75.6 Å². The van der Waals surface area contributed by atoms with Crippen LogP contribution in [0.3, 0.4) is 0 Å². The summed E-state index contributed by atoms with van der Waals surface area (Å²) in [7, 11) is 1.59. The Bertz CT molecular complexity index is 511. The Hall–Kier alpha value is -2.04. The van der Waals surface area contributed by atoms with Crippen molar-refractivity contribution in [1.82, 2.24) is 0 Å². The van der Waals surface area contributed by atoms with Crippen molar-refractivity contribution in [3.8, 4) is 5.75 Å². The van der Waals surface area contributed by atoms with E-state index < -0.39 is 5.97 Å². The standard InChI is InChI=1S/C15H21NO4/c1-9(8-14(18)19)7-13(17)16-12-6-5-10(2)15(20-4)11(12)3/h5-6,9H,7-8H2,1-4H3,(H,16,17)(H,18,19). The van der Waals surface area contributed by atoms with Gasteiger partial charge in [-0.15, -0.1) is 0 Å². The molecule has 20 heavy (non-hydrogen) atoms. The van der Waals surface area contributed by atoms with E-state index in [4.69, 9.17) is 9.84 Å². The number of methoxy groups -OCH3 is 1. The van der Waals surface area contributed by atoms with Crippen molar-refractivity contribution in [1.29, 1.82) is 0 Å². The number of carboxylic acid groups (broad SMARTS) is 1. The van der Waals surface area contributed by atoms with Crippen LogP contribution in [0.1, 0.15) is 30.9 Å². The summed E-state index contributed by atoms with van der Waals surface area (Å²) in [6.07, 6.45) is 0.172. The fourth-order valence-electron chi connectivity index (χ4n) is 2.16. The third kappa shape index (κ3) is 4.26. The molecular formula is C15H21NO4. The number of carbonyl (C=O) groups excluding carboxylic acids is 1. The van der Waals surface area contributed by atoms with Crippen LogP contribution in [0, 0.1) is 19.8 Å². The Kier molecular flexibility index (Phi) is 5.55. The second-order valence-electron chi connectivity index (χ2n) is 5.04. The summed E-state index contributed by atoms with van der Waals surface area (Å²) in [5.41, 5.74) is 2.56. The zero-order valence-corrected chi connectivity index (χ0v) is 12.3. The number of benzene rings is 1. The highest BCUT2D eigenvalue weighted by Gasteiger charge is 2.15. The predicted octanol–water partition coefficient (Wildman–Crippen LogP) is 2.75. The van der Waals surface area contributed by atoms with E-state index in [0.717, 1.165) is 16.9 Å². The number of carboxylic acids is 1. The minimum Gasteiger partial charge on any atom is -0.496 e. The molecule has 0 heterocycles. The van der Waals surface area contributed by atoms with Gasteiger partial charge in [0.15, 0.2) is 0 Å². The molecule has 0 aliphatic heterocycles. The lowest BCUT2D eigenvalue weighted by Crippen LogP contribution is -2.17. The maximum Gasteiger partial charge on any atom is 0.303 e. The fourth-order valence-corrected chi connectivity index (χ4v) is 2.16. The molecule has 1 aromatic carbocycles. The summed E-state index contributed by atoms with van der Waals surface area (Å²) in [4.78, 5) is 22.5. The summed E-state index contributed by atoms with van der Waals surface area (Å²) in [6.45, 7) is 5.56. The molecule has 1 unspecified atom stereocenters. The number of nitrogens with one attached hydrogen (secondary N) is 1. The second kappa shape index (κ2) is 6.93. The van der Waals surface area contributed by atoms with Crippen molar-refractivity contribution in [2.75, 3.05) is 12.4 Å². The van der Waals surface area contributed by atoms with Crippen molar-refractivity contribution < 1.29 is 19.4 Å². The largest absolute Gasteiger partial charge is 0.496 e. The van der Waals surface area contributed by atoms with Gasteiger partial charge in [-0.1, -0.05) is 13.0 Å². The first kappa shape index (κ1) is 16.0. The van der Waals surface area contributed by atoms with E-state index in [-0.39, 0.29) is 24.7 Å². The van der Waals surface area contributed by atoms with Gasteiger partial charge in [-0.2, -0.15) is 0 Å². The molecule has 1 atom stereocenters. The molecule has 1 aromatic rings. The maximum absolute atomic E-state index is 11.9. The van der Waals surface area contributed by atoms with Crippen molar-refractivity contribution in [2.24, 2.45) is 5.92 Å². The fraction of sp³-hybridized carbons (Fsp3) is 0.467. The average molecular weight is 279 g/mol. The molecule has 0 spiro atoms. The van der Waals surface area contributed by atoms with Gasteiger partial charge in [0.1, 0.15) is 5.75 Å². The minimum atomic E-state index is -0.890. The molecule has 1 rings (SSSR count). The van der Waals surface area contributed by atoms with Crippen LogP contribution >= 0.6 is 0 Å². The molecule has 0 bridgehead atoms. The van der Waals surface area contributed by atoms with Crippen LogP contribution in [-0.2, 0) is 9.59 Å². The summed E-state index contributed by atoms with van der Waals surface area (Å²) < 4.78 is 5.30. The molecule has 2 N–H and O–H groups in total. The number of hydrogen-bond acceptors (Lipinski definition) is 3. The number of rotatable bonds is 6. The number of aryl methyl sites for hydroxylation is 1. The van der Waals surface area contributed by atoms with Crippen molar-refractivity contribution in [3.63, 3.8) is 0 Å². The van der Waals surface area contributed by atoms with E-state index in [9.17, 15) is 9.59 Å². The van der Waals surface area contributed by atoms with Crippen LogP contribution in [-0.4, -0.2) is 24.1 Å². The molecule has 5 nitrogen and oxygen atoms in total. The molecule has 110 valence electrons. The molecule has 0 radical (unpaired) electrons. The number of ether oxygens (including phenoxy) is 1. The van der Waals surface area contributed by atoms with E-state index in [0.29, 0.717) is 5.69 Å². The lowest BCUT2D eigenvalue weighted by Gasteiger charge is -2.15. The molecule has 0 aliphatic rings. The quantitative estimate of drug-likeness (QED) is 0.839. The molecule has 0 aromatic heterocycles. The maximum atomic E-state index is 11.9. The zero-order chi connectivity index (χ0) is 15.3. The van der Waals surface area contributed by atoms with Crippen molar-refractivity contribution in [3.05, 3.63) is 23.3 Å². The van der Waals surface area contributed by atoms with Crippen LogP contribution in [0.15, 0.2) is 12.1 Å². The molecule has 0 saturated heterocycles. The Labute approximate surface area is 118 Å². The van der Waals surface area contributed by atoms with E-state index in [2.05, 4.69) is 5.32 Å². The Morgan fingerprint density at radius 1 is 1.30 bits per heavy atom. The van der Waals surface area contributed by atoms with Crippen molar-refractivity contribution >= 4 is 17.6 Å². The van der Waals surface area contributed by atoms with E-state index >= 15 is 0 Å². The van der Waals surface area contributed by atoms with E-state index in [1.54, 1.807) is 14.0 Å². The number of amides is 1. The van der Waals surface area contributed by atoms with Crippen LogP contribution in [0.4, 0.5) is 5.69 Å². The van der Waals surface area contributed by atoms with Crippen LogP contribution in [0.5, 0.6) is 5.75 Å². The monoisotopic (exact) mass is 279 g/mol.